The maximum Gasteiger partial charge on any atom is 0.0267 e. The van der Waals surface area contributed by atoms with E-state index in [0.717, 1.165) is 66.1 Å². The minimum Gasteiger partial charge on any atom is -0.0776 e. The molecule has 7 rings (SSSR count). The van der Waals surface area contributed by atoms with E-state index in [1.54, 1.807) is 49.7 Å². The molecule has 5 aliphatic rings. The highest BCUT2D eigenvalue weighted by atomic mass is 14.4. The summed E-state index contributed by atoms with van der Waals surface area (Å²) in [6.45, 7) is 38.5. The summed E-state index contributed by atoms with van der Waals surface area (Å²) in [7, 11) is 0. The van der Waals surface area contributed by atoms with Gasteiger partial charge < -0.3 is 0 Å². The van der Waals surface area contributed by atoms with Crippen LogP contribution in [-0.4, -0.2) is 0 Å². The van der Waals surface area contributed by atoms with Gasteiger partial charge in [0.05, 0.1) is 0 Å². The van der Waals surface area contributed by atoms with Gasteiger partial charge in [0.1, 0.15) is 0 Å². The van der Waals surface area contributed by atoms with Gasteiger partial charge in [-0.05, 0) is 154 Å². The second-order valence-electron chi connectivity index (χ2n) is 15.9. The standard InChI is InChI=1S/C25H38.C18H26.9C2H6.6CH4.2H2/c1-19-7-9-21(10-8-19)23-15-17-25(18-16-23)24-13-11-22(12-14-24)20-5-3-2-4-6-20;1-3-7-15(8-4-1)17-11-13-18(14-12-17)16-9-5-2-6-10-16;9*1-2;;;;;;;;/h2-6,19,21-25H,7-18H2,1H3;1,3-4,7-8,16-18H,2,5-6,9-14H2;9*1-2H3;6*1H4;2*1H/i;2T;;;;;;;;;;;;;;;;;. The number of rotatable bonds is 5. The smallest absolute Gasteiger partial charge is 0.0267 e. The minimum atomic E-state index is 0. The maximum atomic E-state index is 7.82. The summed E-state index contributed by atoms with van der Waals surface area (Å²) in [6.07, 6.45) is 29.0. The average Bonchev–Trinajstić information content (AvgIpc) is 3.41. The quantitative estimate of drug-likeness (QED) is 0.280. The fourth-order valence-electron chi connectivity index (χ4n) is 10.6. The van der Waals surface area contributed by atoms with Gasteiger partial charge in [-0.2, -0.15) is 0 Å². The molecule has 0 unspecified atom stereocenters. The Kier molecular flexibility index (Phi) is 84.7. The van der Waals surface area contributed by atoms with Gasteiger partial charge >= 0.3 is 0 Å². The van der Waals surface area contributed by atoms with E-state index in [9.17, 15) is 0 Å². The largest absolute Gasteiger partial charge is 0.0776 e. The molecule has 414 valence electrons. The zero-order chi connectivity index (χ0) is 48.1. The van der Waals surface area contributed by atoms with Crippen LogP contribution in [0.25, 0.3) is 0 Å². The van der Waals surface area contributed by atoms with Crippen molar-refractivity contribution in [2.75, 3.05) is 0 Å². The fourth-order valence-corrected chi connectivity index (χ4v) is 10.6. The van der Waals surface area contributed by atoms with Gasteiger partial charge in [-0.25, -0.2) is 0 Å². The van der Waals surface area contributed by atoms with E-state index in [4.69, 9.17) is 1.37 Å². The summed E-state index contributed by atoms with van der Waals surface area (Å²) in [4.78, 5) is 0. The summed E-state index contributed by atoms with van der Waals surface area (Å²) < 4.78 is 7.82. The monoisotopic (exact) mass is 953 g/mol. The molecule has 0 atom stereocenters. The van der Waals surface area contributed by atoms with E-state index in [1.807, 2.05) is 125 Å². The van der Waals surface area contributed by atoms with Gasteiger partial charge in [-0.3, -0.25) is 0 Å². The minimum absolute atomic E-state index is 0. The van der Waals surface area contributed by atoms with Crippen molar-refractivity contribution < 1.29 is 4.22 Å². The molecule has 0 saturated heterocycles. The van der Waals surface area contributed by atoms with Crippen molar-refractivity contribution >= 4 is 0 Å². The Balaban J connectivity index is -0.0000000676. The van der Waals surface area contributed by atoms with Crippen LogP contribution < -0.4 is 0 Å². The lowest BCUT2D eigenvalue weighted by Gasteiger charge is -2.41. The summed E-state index contributed by atoms with van der Waals surface area (Å²) in [5.41, 5.74) is 3.15. The Labute approximate surface area is 438 Å². The topological polar surface area (TPSA) is 0 Å². The number of hydrogen-bond donors (Lipinski definition) is 0. The highest BCUT2D eigenvalue weighted by molar-refractivity contribution is 5.21. The van der Waals surface area contributed by atoms with E-state index in [0.29, 0.717) is 0 Å². The lowest BCUT2D eigenvalue weighted by atomic mass is 9.65. The molecule has 0 nitrogen and oxygen atoms in total. The molecule has 67 heavy (non-hydrogen) atoms. The second kappa shape index (κ2) is 66.5. The SMILES string of the molecule is C.C.C.C.C.C.CC.CC.CC.CC.CC.CC.CC.CC.CC.CC1CCC(C2CCC(C3CCC(c4ccccc4)CC3)CC2)CC1.[3H]C1CCC(C2CCC(c3ccccc3)CC2)CC1.[HH].[HH]. The van der Waals surface area contributed by atoms with Gasteiger partial charge in [-0.1, -0.05) is 282 Å². The van der Waals surface area contributed by atoms with Crippen molar-refractivity contribution in [1.29, 1.82) is 0 Å². The lowest BCUT2D eigenvalue weighted by molar-refractivity contribution is 0.112. The molecule has 0 amide bonds. The first-order valence-electron chi connectivity index (χ1n) is 28.7. The normalized spacial score (nSPS) is 25.9. The molecular formula is C67H146. The molecule has 0 radical (unpaired) electrons. The van der Waals surface area contributed by atoms with Gasteiger partial charge in [0.25, 0.3) is 0 Å². The van der Waals surface area contributed by atoms with Crippen LogP contribution in [0.2, 0.25) is 0 Å². The molecule has 5 aliphatic carbocycles. The van der Waals surface area contributed by atoms with Crippen molar-refractivity contribution in [3.05, 3.63) is 71.8 Å². The Morgan fingerprint density at radius 2 is 0.493 bits per heavy atom. The first kappa shape index (κ1) is 85.3. The summed E-state index contributed by atoms with van der Waals surface area (Å²) in [6, 6.07) is 22.4. The van der Waals surface area contributed by atoms with Crippen LogP contribution in [-0.2, 0) is 0 Å². The Morgan fingerprint density at radius 1 is 0.299 bits per heavy atom. The molecule has 2 aromatic rings. The van der Waals surface area contributed by atoms with E-state index < -0.39 is 0 Å². The molecule has 5 saturated carbocycles. The first-order valence-corrected chi connectivity index (χ1v) is 28.1. The third-order valence-corrected chi connectivity index (χ3v) is 13.4. The Morgan fingerprint density at radius 3 is 0.731 bits per heavy atom. The highest BCUT2D eigenvalue weighted by Gasteiger charge is 2.34. The van der Waals surface area contributed by atoms with Crippen molar-refractivity contribution in [2.24, 2.45) is 41.4 Å². The van der Waals surface area contributed by atoms with Crippen LogP contribution in [0, 0.1) is 41.4 Å². The molecule has 0 heterocycles. The Hall–Kier alpha value is -1.56. The summed E-state index contributed by atoms with van der Waals surface area (Å²) >= 11 is 0. The zero-order valence-corrected chi connectivity index (χ0v) is 45.7. The number of hydrogen-bond acceptors (Lipinski definition) is 0. The first-order chi connectivity index (χ1) is 30.6. The zero-order valence-electron chi connectivity index (χ0n) is 46.7. The summed E-state index contributed by atoms with van der Waals surface area (Å²) in [5, 5.41) is 0. The third kappa shape index (κ3) is 37.0. The van der Waals surface area contributed by atoms with Gasteiger partial charge in [0.2, 0.25) is 0 Å². The second-order valence-corrected chi connectivity index (χ2v) is 15.9. The van der Waals surface area contributed by atoms with Crippen molar-refractivity contribution in [1.82, 2.24) is 0 Å². The van der Waals surface area contributed by atoms with Crippen LogP contribution in [0.4, 0.5) is 0 Å². The lowest BCUT2D eigenvalue weighted by Crippen LogP contribution is -2.29. The molecule has 0 aliphatic heterocycles. The molecule has 0 aromatic heterocycles. The average molecular weight is 954 g/mol. The van der Waals surface area contributed by atoms with Crippen LogP contribution in [0.5, 0.6) is 0 Å². The highest BCUT2D eigenvalue weighted by Crippen LogP contribution is 2.47. The van der Waals surface area contributed by atoms with Crippen LogP contribution in [0.1, 0.15) is 338 Å². The van der Waals surface area contributed by atoms with Gasteiger partial charge in [0, 0.05) is 4.22 Å². The Bertz CT molecular complexity index is 1050. The molecule has 0 bridgehead atoms. The van der Waals surface area contributed by atoms with E-state index >= 15 is 0 Å². The summed E-state index contributed by atoms with van der Waals surface area (Å²) in [5.74, 6) is 8.86. The molecule has 0 heteroatoms. The van der Waals surface area contributed by atoms with Crippen molar-refractivity contribution in [3.8, 4) is 0 Å². The predicted octanol–water partition coefficient (Wildman–Crippen LogP) is 26.7. The number of benzene rings is 2. The molecule has 0 spiro atoms. The molecular weight excluding hydrogens is 805 g/mol. The van der Waals surface area contributed by atoms with Crippen LogP contribution in [0.3, 0.4) is 0 Å². The molecule has 0 N–H and O–H groups in total. The van der Waals surface area contributed by atoms with Crippen LogP contribution in [0.15, 0.2) is 60.7 Å². The van der Waals surface area contributed by atoms with Crippen LogP contribution >= 0.6 is 0 Å². The molecule has 2 aromatic carbocycles. The van der Waals surface area contributed by atoms with E-state index in [-0.39, 0.29) is 53.8 Å². The maximum absolute atomic E-state index is 7.82. The van der Waals surface area contributed by atoms with Crippen molar-refractivity contribution in [3.63, 3.8) is 0 Å². The molecule has 5 fully saturated rings. The van der Waals surface area contributed by atoms with E-state index in [2.05, 4.69) is 67.6 Å². The van der Waals surface area contributed by atoms with Crippen molar-refractivity contribution in [2.45, 2.75) is 323 Å². The predicted molar refractivity (Wildman–Crippen MR) is 332 cm³/mol. The third-order valence-electron chi connectivity index (χ3n) is 13.4. The van der Waals surface area contributed by atoms with Gasteiger partial charge in [0.15, 0.2) is 0 Å². The van der Waals surface area contributed by atoms with E-state index in [1.165, 1.54) is 77.0 Å². The van der Waals surface area contributed by atoms with Gasteiger partial charge in [-0.15, -0.1) is 0 Å². The fraction of sp³-hybridized carbons (Fsp3) is 0.821.